The molecule has 0 aromatic heterocycles. The molecule has 2 atom stereocenters. The van der Waals surface area contributed by atoms with Crippen molar-refractivity contribution in [3.63, 3.8) is 0 Å². The highest BCUT2D eigenvalue weighted by atomic mass is 16.3. The molecule has 0 saturated heterocycles. The van der Waals surface area contributed by atoms with Crippen molar-refractivity contribution >= 4 is 5.91 Å². The first kappa shape index (κ1) is 49.4. The molecule has 0 bridgehead atoms. The quantitative estimate of drug-likeness (QED) is 0.0553. The number of unbranched alkanes of at least 4 members (excludes halogenated alkanes) is 36. The Balaban J connectivity index is 3.44. The first-order valence-corrected chi connectivity index (χ1v) is 23.2. The largest absolute Gasteiger partial charge is 0.394 e. The summed E-state index contributed by atoms with van der Waals surface area (Å²) < 4.78 is 0. The molecule has 0 radical (unpaired) electrons. The predicted octanol–water partition coefficient (Wildman–Crippen LogP) is 14.5. The van der Waals surface area contributed by atoms with Crippen LogP contribution in [0.3, 0.4) is 0 Å². The summed E-state index contributed by atoms with van der Waals surface area (Å²) in [4.78, 5) is 12.4. The molecule has 0 heterocycles. The van der Waals surface area contributed by atoms with Crippen molar-refractivity contribution < 1.29 is 15.0 Å². The number of carbonyl (C=O) groups excluding carboxylic acids is 1. The summed E-state index contributed by atoms with van der Waals surface area (Å²) in [7, 11) is 0. The van der Waals surface area contributed by atoms with E-state index in [0.29, 0.717) is 12.8 Å². The minimum atomic E-state index is -0.653. The highest BCUT2D eigenvalue weighted by molar-refractivity contribution is 5.76. The van der Waals surface area contributed by atoms with Gasteiger partial charge in [0.25, 0.3) is 0 Å². The number of hydrogen-bond donors (Lipinski definition) is 3. The zero-order chi connectivity index (χ0) is 36.4. The Kier molecular flexibility index (Phi) is 42.3. The molecule has 300 valence electrons. The summed E-state index contributed by atoms with van der Waals surface area (Å²) in [5.74, 6) is -0.0254. The molecule has 0 fully saturated rings. The van der Waals surface area contributed by atoms with Crippen molar-refractivity contribution in [1.29, 1.82) is 0 Å². The first-order chi connectivity index (χ1) is 24.7. The van der Waals surface area contributed by atoms with E-state index in [4.69, 9.17) is 0 Å². The summed E-state index contributed by atoms with van der Waals surface area (Å²) >= 11 is 0. The van der Waals surface area contributed by atoms with Crippen molar-refractivity contribution in [1.82, 2.24) is 5.32 Å². The summed E-state index contributed by atoms with van der Waals surface area (Å²) in [6, 6.07) is -0.529. The van der Waals surface area contributed by atoms with E-state index in [2.05, 4.69) is 19.2 Å². The second kappa shape index (κ2) is 42.8. The number of aliphatic hydroxyl groups is 2. The fraction of sp³-hybridized carbons (Fsp3) is 0.978. The maximum absolute atomic E-state index is 12.4. The monoisotopic (exact) mass is 708 g/mol. The molecule has 3 N–H and O–H groups in total. The molecule has 0 aromatic carbocycles. The molecule has 0 aliphatic carbocycles. The van der Waals surface area contributed by atoms with Crippen molar-refractivity contribution in [2.45, 2.75) is 283 Å². The van der Waals surface area contributed by atoms with Crippen LogP contribution in [-0.4, -0.2) is 34.9 Å². The van der Waals surface area contributed by atoms with E-state index >= 15 is 0 Å². The first-order valence-electron chi connectivity index (χ1n) is 23.2. The summed E-state index contributed by atoms with van der Waals surface area (Å²) in [5, 5.41) is 23.2. The maximum atomic E-state index is 12.4. The summed E-state index contributed by atoms with van der Waals surface area (Å²) in [5.41, 5.74) is 0. The molecule has 1 amide bonds. The van der Waals surface area contributed by atoms with Gasteiger partial charge in [0.05, 0.1) is 18.8 Å². The third kappa shape index (κ3) is 38.6. The van der Waals surface area contributed by atoms with Crippen LogP contribution in [0, 0.1) is 0 Å². The number of aliphatic hydroxyl groups excluding tert-OH is 2. The van der Waals surface area contributed by atoms with Crippen LogP contribution in [0.5, 0.6) is 0 Å². The van der Waals surface area contributed by atoms with E-state index in [9.17, 15) is 15.0 Å². The van der Waals surface area contributed by atoms with Crippen LogP contribution in [0.2, 0.25) is 0 Å². The predicted molar refractivity (Wildman–Crippen MR) is 221 cm³/mol. The van der Waals surface area contributed by atoms with Crippen LogP contribution in [-0.2, 0) is 4.79 Å². The van der Waals surface area contributed by atoms with E-state index in [0.717, 1.165) is 25.7 Å². The van der Waals surface area contributed by atoms with Crippen molar-refractivity contribution in [2.24, 2.45) is 0 Å². The van der Waals surface area contributed by atoms with Gasteiger partial charge in [-0.25, -0.2) is 0 Å². The molecule has 4 heteroatoms. The number of amides is 1. The van der Waals surface area contributed by atoms with Crippen LogP contribution in [0.1, 0.15) is 271 Å². The van der Waals surface area contributed by atoms with E-state index in [1.54, 1.807) is 0 Å². The highest BCUT2D eigenvalue weighted by Crippen LogP contribution is 2.17. The molecule has 50 heavy (non-hydrogen) atoms. The van der Waals surface area contributed by atoms with Gasteiger partial charge in [-0.2, -0.15) is 0 Å². The lowest BCUT2D eigenvalue weighted by Crippen LogP contribution is -2.45. The molecule has 2 unspecified atom stereocenters. The lowest BCUT2D eigenvalue weighted by atomic mass is 10.0. The Labute approximate surface area is 314 Å². The molecule has 0 saturated carbocycles. The molecule has 0 aliphatic rings. The molecular formula is C46H93NO3. The fourth-order valence-corrected chi connectivity index (χ4v) is 7.54. The minimum absolute atomic E-state index is 0.0254. The molecule has 0 aliphatic heterocycles. The number of nitrogens with one attached hydrogen (secondary N) is 1. The Morgan fingerprint density at radius 3 is 0.900 bits per heavy atom. The summed E-state index contributed by atoms with van der Waals surface area (Å²) in [6.07, 6.45) is 51.9. The molecular weight excluding hydrogens is 615 g/mol. The van der Waals surface area contributed by atoms with Crippen LogP contribution < -0.4 is 5.32 Å². The van der Waals surface area contributed by atoms with Gasteiger partial charge in [-0.15, -0.1) is 0 Å². The SMILES string of the molecule is CCCCCCCCCCCCCCCCCCCCCCCCC(O)C(CO)NC(=O)CCCCCCCCCCCCCCCCCC. The molecule has 4 nitrogen and oxygen atoms in total. The average molecular weight is 708 g/mol. The molecule has 0 rings (SSSR count). The van der Waals surface area contributed by atoms with Crippen molar-refractivity contribution in [3.8, 4) is 0 Å². The van der Waals surface area contributed by atoms with Gasteiger partial charge in [0.2, 0.25) is 5.91 Å². The Bertz CT molecular complexity index is 641. The van der Waals surface area contributed by atoms with Gasteiger partial charge < -0.3 is 15.5 Å². The van der Waals surface area contributed by atoms with Gasteiger partial charge in [-0.3, -0.25) is 4.79 Å². The third-order valence-corrected chi connectivity index (χ3v) is 11.1. The van der Waals surface area contributed by atoms with E-state index in [1.165, 1.54) is 218 Å². The Morgan fingerprint density at radius 2 is 0.640 bits per heavy atom. The van der Waals surface area contributed by atoms with Crippen LogP contribution in [0.4, 0.5) is 0 Å². The van der Waals surface area contributed by atoms with Gasteiger partial charge in [0.1, 0.15) is 0 Å². The zero-order valence-corrected chi connectivity index (χ0v) is 34.4. The average Bonchev–Trinajstić information content (AvgIpc) is 3.12. The van der Waals surface area contributed by atoms with Gasteiger partial charge in [-0.05, 0) is 12.8 Å². The second-order valence-corrected chi connectivity index (χ2v) is 16.2. The minimum Gasteiger partial charge on any atom is -0.394 e. The smallest absolute Gasteiger partial charge is 0.220 e. The van der Waals surface area contributed by atoms with E-state index in [-0.39, 0.29) is 12.5 Å². The molecule has 0 aromatic rings. The van der Waals surface area contributed by atoms with Crippen molar-refractivity contribution in [3.05, 3.63) is 0 Å². The Morgan fingerprint density at radius 1 is 0.400 bits per heavy atom. The van der Waals surface area contributed by atoms with Gasteiger partial charge in [0, 0.05) is 6.42 Å². The fourth-order valence-electron chi connectivity index (χ4n) is 7.54. The van der Waals surface area contributed by atoms with Gasteiger partial charge >= 0.3 is 0 Å². The van der Waals surface area contributed by atoms with Gasteiger partial charge in [-0.1, -0.05) is 251 Å². The zero-order valence-electron chi connectivity index (χ0n) is 34.4. The standard InChI is InChI=1S/C46H93NO3/c1-3-5-7-9-11-13-15-17-19-21-22-23-24-25-26-27-29-31-33-35-37-39-41-45(49)44(43-48)47-46(50)42-40-38-36-34-32-30-28-20-18-16-14-12-10-8-6-4-2/h44-45,48-49H,3-43H2,1-2H3,(H,47,50). The number of carbonyl (C=O) groups is 1. The topological polar surface area (TPSA) is 69.6 Å². The van der Waals surface area contributed by atoms with Crippen LogP contribution >= 0.6 is 0 Å². The maximum Gasteiger partial charge on any atom is 0.220 e. The third-order valence-electron chi connectivity index (χ3n) is 11.1. The van der Waals surface area contributed by atoms with E-state index < -0.39 is 12.1 Å². The lowest BCUT2D eigenvalue weighted by molar-refractivity contribution is -0.123. The number of hydrogen-bond acceptors (Lipinski definition) is 3. The lowest BCUT2D eigenvalue weighted by Gasteiger charge is -2.22. The van der Waals surface area contributed by atoms with E-state index in [1.807, 2.05) is 0 Å². The Hall–Kier alpha value is -0.610. The van der Waals surface area contributed by atoms with Gasteiger partial charge in [0.15, 0.2) is 0 Å². The molecule has 0 spiro atoms. The summed E-state index contributed by atoms with van der Waals surface area (Å²) in [6.45, 7) is 4.39. The normalized spacial score (nSPS) is 12.8. The van der Waals surface area contributed by atoms with Crippen molar-refractivity contribution in [2.75, 3.05) is 6.61 Å². The van der Waals surface area contributed by atoms with Crippen LogP contribution in [0.25, 0.3) is 0 Å². The highest BCUT2D eigenvalue weighted by Gasteiger charge is 2.20. The van der Waals surface area contributed by atoms with Crippen LogP contribution in [0.15, 0.2) is 0 Å². The second-order valence-electron chi connectivity index (χ2n) is 16.2. The number of rotatable bonds is 43.